The van der Waals surface area contributed by atoms with E-state index in [2.05, 4.69) is 20.5 Å². The molecule has 0 amide bonds. The van der Waals surface area contributed by atoms with Gasteiger partial charge in [-0.2, -0.15) is 0 Å². The molecule has 2 N–H and O–H groups in total. The first-order valence-corrected chi connectivity index (χ1v) is 4.24. The first-order valence-electron chi connectivity index (χ1n) is 4.24. The molecule has 0 aliphatic rings. The monoisotopic (exact) mass is 193 g/mol. The smallest absolute Gasteiger partial charge is 0.240 e. The van der Waals surface area contributed by atoms with Crippen LogP contribution in [-0.4, -0.2) is 29.8 Å². The number of hydrogen-bond acceptors (Lipinski definition) is 5. The minimum absolute atomic E-state index is 0.334. The van der Waals surface area contributed by atoms with Crippen molar-refractivity contribution in [3.63, 3.8) is 0 Å². The molecule has 0 unspecified atom stereocenters. The van der Waals surface area contributed by atoms with E-state index in [9.17, 15) is 0 Å². The zero-order chi connectivity index (χ0) is 9.97. The molecule has 7 heteroatoms. The Balaban J connectivity index is 1.98. The number of aromatic nitrogens is 6. The molecule has 0 aliphatic heterocycles. The molecule has 2 rings (SSSR count). The highest BCUT2D eigenvalue weighted by Crippen LogP contribution is 1.99. The summed E-state index contributed by atoms with van der Waals surface area (Å²) in [7, 11) is 1.93. The third kappa shape index (κ3) is 1.70. The topological polar surface area (TPSA) is 87.4 Å². The zero-order valence-corrected chi connectivity index (χ0v) is 7.83. The number of anilines is 1. The van der Waals surface area contributed by atoms with Crippen LogP contribution in [0.2, 0.25) is 0 Å². The van der Waals surface area contributed by atoms with Crippen LogP contribution < -0.4 is 5.73 Å². The molecule has 0 aromatic carbocycles. The van der Waals surface area contributed by atoms with Crippen LogP contribution in [0.3, 0.4) is 0 Å². The molecule has 2 heterocycles. The third-order valence-corrected chi connectivity index (χ3v) is 1.90. The van der Waals surface area contributed by atoms with Crippen molar-refractivity contribution in [1.82, 2.24) is 29.8 Å². The van der Waals surface area contributed by atoms with Crippen molar-refractivity contribution in [3.8, 4) is 0 Å². The minimum Gasteiger partial charge on any atom is -0.367 e. The molecule has 7 nitrogen and oxygen atoms in total. The molecule has 0 fully saturated rings. The lowest BCUT2D eigenvalue weighted by Crippen LogP contribution is -2.07. The van der Waals surface area contributed by atoms with E-state index in [-0.39, 0.29) is 0 Å². The summed E-state index contributed by atoms with van der Waals surface area (Å²) in [6.45, 7) is 0.649. The van der Waals surface area contributed by atoms with Gasteiger partial charge in [-0.3, -0.25) is 0 Å². The summed E-state index contributed by atoms with van der Waals surface area (Å²) in [5.74, 6) is 0.334. The first kappa shape index (κ1) is 8.67. The minimum atomic E-state index is 0.334. The van der Waals surface area contributed by atoms with Crippen LogP contribution in [0.15, 0.2) is 12.5 Å². The lowest BCUT2D eigenvalue weighted by atomic mass is 10.3. The molecule has 0 bridgehead atoms. The van der Waals surface area contributed by atoms with Crippen molar-refractivity contribution in [1.29, 1.82) is 0 Å². The molecule has 2 aromatic heterocycles. The molecule has 0 radical (unpaired) electrons. The number of imidazole rings is 1. The van der Waals surface area contributed by atoms with E-state index in [0.717, 1.165) is 12.1 Å². The number of nitrogens with two attached hydrogens (primary N) is 1. The highest BCUT2D eigenvalue weighted by Gasteiger charge is 2.02. The van der Waals surface area contributed by atoms with Gasteiger partial charge in [0.05, 0.1) is 18.6 Å². The summed E-state index contributed by atoms with van der Waals surface area (Å²) < 4.78 is 3.45. The quantitative estimate of drug-likeness (QED) is 0.691. The van der Waals surface area contributed by atoms with Crippen LogP contribution >= 0.6 is 0 Å². The van der Waals surface area contributed by atoms with Crippen molar-refractivity contribution in [2.24, 2.45) is 7.05 Å². The predicted octanol–water partition coefficient (Wildman–Crippen LogP) is -0.769. The summed E-state index contributed by atoms with van der Waals surface area (Å²) in [4.78, 5) is 4.19. The molecule has 0 aliphatic carbocycles. The van der Waals surface area contributed by atoms with E-state index >= 15 is 0 Å². The molecule has 0 spiro atoms. The van der Waals surface area contributed by atoms with E-state index in [1.54, 1.807) is 11.0 Å². The van der Waals surface area contributed by atoms with Gasteiger partial charge in [0.1, 0.15) is 0 Å². The Hall–Kier alpha value is -1.92. The first-order chi connectivity index (χ1) is 6.75. The third-order valence-electron chi connectivity index (χ3n) is 1.90. The number of rotatable bonds is 3. The molecular weight excluding hydrogens is 182 g/mol. The molecule has 0 saturated heterocycles. The second-order valence-corrected chi connectivity index (χ2v) is 3.04. The van der Waals surface area contributed by atoms with Gasteiger partial charge in [-0.1, -0.05) is 5.10 Å². The van der Waals surface area contributed by atoms with E-state index in [1.165, 1.54) is 0 Å². The molecule has 0 atom stereocenters. The highest BCUT2D eigenvalue weighted by atomic mass is 15.6. The Morgan fingerprint density at radius 3 is 2.93 bits per heavy atom. The normalized spacial score (nSPS) is 10.6. The van der Waals surface area contributed by atoms with E-state index in [4.69, 9.17) is 5.73 Å². The van der Waals surface area contributed by atoms with Crippen LogP contribution in [0.5, 0.6) is 0 Å². The van der Waals surface area contributed by atoms with Gasteiger partial charge in [0.15, 0.2) is 0 Å². The number of tetrazole rings is 1. The number of nitrogens with zero attached hydrogens (tertiary/aromatic N) is 6. The summed E-state index contributed by atoms with van der Waals surface area (Å²) in [6.07, 6.45) is 4.49. The lowest BCUT2D eigenvalue weighted by Gasteiger charge is -1.97. The fourth-order valence-electron chi connectivity index (χ4n) is 1.19. The van der Waals surface area contributed by atoms with Crippen molar-refractivity contribution < 1.29 is 0 Å². The van der Waals surface area contributed by atoms with E-state index in [1.807, 2.05) is 17.8 Å². The Bertz CT molecular complexity index is 415. The SMILES string of the molecule is Cn1cnc(CCn2nnnc2N)c1. The van der Waals surface area contributed by atoms with Gasteiger partial charge in [0.25, 0.3) is 0 Å². The van der Waals surface area contributed by atoms with Crippen molar-refractivity contribution in [2.75, 3.05) is 5.73 Å². The Morgan fingerprint density at radius 1 is 1.50 bits per heavy atom. The van der Waals surface area contributed by atoms with Crippen LogP contribution in [0.4, 0.5) is 5.95 Å². The van der Waals surface area contributed by atoms with Crippen LogP contribution in [0.25, 0.3) is 0 Å². The van der Waals surface area contributed by atoms with E-state index < -0.39 is 0 Å². The Labute approximate surface area is 80.5 Å². The number of hydrogen-bond donors (Lipinski definition) is 1. The molecule has 0 saturated carbocycles. The molecule has 74 valence electrons. The van der Waals surface area contributed by atoms with Gasteiger partial charge in [0, 0.05) is 19.7 Å². The van der Waals surface area contributed by atoms with Crippen LogP contribution in [0.1, 0.15) is 5.69 Å². The van der Waals surface area contributed by atoms with Crippen molar-refractivity contribution in [2.45, 2.75) is 13.0 Å². The van der Waals surface area contributed by atoms with Gasteiger partial charge in [0.2, 0.25) is 5.95 Å². The lowest BCUT2D eigenvalue weighted by molar-refractivity contribution is 0.591. The fraction of sp³-hybridized carbons (Fsp3) is 0.429. The number of aryl methyl sites for hydroxylation is 3. The summed E-state index contributed by atoms with van der Waals surface area (Å²) >= 11 is 0. The van der Waals surface area contributed by atoms with Gasteiger partial charge in [-0.25, -0.2) is 9.67 Å². The van der Waals surface area contributed by atoms with Crippen LogP contribution in [0, 0.1) is 0 Å². The van der Waals surface area contributed by atoms with Crippen molar-refractivity contribution in [3.05, 3.63) is 18.2 Å². The average molecular weight is 193 g/mol. The van der Waals surface area contributed by atoms with Gasteiger partial charge >= 0.3 is 0 Å². The van der Waals surface area contributed by atoms with Gasteiger partial charge < -0.3 is 10.3 Å². The second kappa shape index (κ2) is 3.44. The summed E-state index contributed by atoms with van der Waals surface area (Å²) in [5.41, 5.74) is 6.51. The molecular formula is C7H11N7. The molecule has 14 heavy (non-hydrogen) atoms. The largest absolute Gasteiger partial charge is 0.367 e. The van der Waals surface area contributed by atoms with Crippen molar-refractivity contribution >= 4 is 5.95 Å². The maximum atomic E-state index is 5.51. The highest BCUT2D eigenvalue weighted by molar-refractivity contribution is 5.10. The Kier molecular flexibility index (Phi) is 2.13. The maximum Gasteiger partial charge on any atom is 0.240 e. The predicted molar refractivity (Wildman–Crippen MR) is 49.1 cm³/mol. The maximum absolute atomic E-state index is 5.51. The van der Waals surface area contributed by atoms with Crippen LogP contribution in [-0.2, 0) is 20.0 Å². The van der Waals surface area contributed by atoms with Gasteiger partial charge in [-0.15, -0.1) is 0 Å². The second-order valence-electron chi connectivity index (χ2n) is 3.04. The standard InChI is InChI=1S/C7H11N7/c1-13-4-6(9-5-13)2-3-14-7(8)10-11-12-14/h4-5H,2-3H2,1H3,(H2,8,10,12). The fourth-order valence-corrected chi connectivity index (χ4v) is 1.19. The van der Waals surface area contributed by atoms with Gasteiger partial charge in [-0.05, 0) is 10.4 Å². The zero-order valence-electron chi connectivity index (χ0n) is 7.83. The Morgan fingerprint density at radius 2 is 2.36 bits per heavy atom. The van der Waals surface area contributed by atoms with E-state index in [0.29, 0.717) is 12.5 Å². The molecule has 2 aromatic rings. The average Bonchev–Trinajstić information content (AvgIpc) is 2.72. The summed E-state index contributed by atoms with van der Waals surface area (Å²) in [6, 6.07) is 0. The summed E-state index contributed by atoms with van der Waals surface area (Å²) in [5, 5.41) is 10.8. The number of nitrogen functional groups attached to an aromatic ring is 1.